The number of nitrogens with zero attached hydrogens (tertiary/aromatic N) is 1. The van der Waals surface area contributed by atoms with Crippen LogP contribution in [0.1, 0.15) is 42.6 Å². The fraction of sp³-hybridized carbons (Fsp3) is 0.323. The molecule has 4 saturated carbocycles. The van der Waals surface area contributed by atoms with E-state index in [0.29, 0.717) is 23.2 Å². The van der Waals surface area contributed by atoms with Gasteiger partial charge in [0, 0.05) is 46.2 Å². The summed E-state index contributed by atoms with van der Waals surface area (Å²) < 4.78 is 0. The Morgan fingerprint density at radius 1 is 0.811 bits per heavy atom. The average molecular weight is 491 g/mol. The van der Waals surface area contributed by atoms with Gasteiger partial charge in [0.15, 0.2) is 0 Å². The zero-order valence-electron chi connectivity index (χ0n) is 20.6. The molecule has 2 aromatic heterocycles. The van der Waals surface area contributed by atoms with E-state index < -0.39 is 0 Å². The summed E-state index contributed by atoms with van der Waals surface area (Å²) in [7, 11) is 0. The third-order valence-electron chi connectivity index (χ3n) is 8.83. The summed E-state index contributed by atoms with van der Waals surface area (Å²) in [5.74, 6) is 3.04. The van der Waals surface area contributed by atoms with Crippen molar-refractivity contribution in [3.8, 4) is 11.1 Å². The molecule has 0 aliphatic heterocycles. The Labute approximate surface area is 215 Å². The van der Waals surface area contributed by atoms with Crippen molar-refractivity contribution in [1.29, 1.82) is 0 Å². The molecule has 0 atom stereocenters. The van der Waals surface area contributed by atoms with Gasteiger partial charge in [-0.25, -0.2) is 0 Å². The number of carbonyl (C=O) groups excluding carboxylic acids is 2. The molecular weight excluding hydrogens is 460 g/mol. The maximum absolute atomic E-state index is 13.3. The van der Waals surface area contributed by atoms with E-state index in [1.807, 2.05) is 48.7 Å². The van der Waals surface area contributed by atoms with Crippen LogP contribution in [-0.2, 0) is 4.79 Å². The first kappa shape index (κ1) is 22.3. The fourth-order valence-corrected chi connectivity index (χ4v) is 7.44. The Morgan fingerprint density at radius 2 is 1.54 bits per heavy atom. The standard InChI is InChI=1S/C31H30N4O2/c36-30(28-3-1-2-10-32-28)35-24-8-9-27-25(16-24)26(17-33-27)20-4-6-23(7-5-20)34-31(37)29-21-12-18-11-19(14-21)15-22(29)13-18/h1-10,16-19,21-22,29,33H,11-15H2,(H,34,37)(H,35,36)/t18-,19+,21-,22?,29?. The molecule has 4 bridgehead atoms. The molecule has 4 aliphatic rings. The van der Waals surface area contributed by atoms with Gasteiger partial charge in [-0.05, 0) is 104 Å². The lowest BCUT2D eigenvalue weighted by molar-refractivity contribution is -0.132. The van der Waals surface area contributed by atoms with Crippen molar-refractivity contribution in [3.05, 3.63) is 78.8 Å². The van der Waals surface area contributed by atoms with E-state index in [1.165, 1.54) is 32.1 Å². The van der Waals surface area contributed by atoms with Crippen LogP contribution in [0.2, 0.25) is 0 Å². The summed E-state index contributed by atoms with van der Waals surface area (Å²) >= 11 is 0. The maximum Gasteiger partial charge on any atom is 0.274 e. The van der Waals surface area contributed by atoms with Crippen molar-refractivity contribution in [2.24, 2.45) is 29.6 Å². The second-order valence-electron chi connectivity index (χ2n) is 11.2. The maximum atomic E-state index is 13.3. The van der Waals surface area contributed by atoms with Crippen molar-refractivity contribution in [2.45, 2.75) is 32.1 Å². The average Bonchev–Trinajstić information content (AvgIpc) is 3.32. The normalized spacial score (nSPS) is 25.8. The van der Waals surface area contributed by atoms with E-state index in [0.717, 1.165) is 39.6 Å². The molecule has 37 heavy (non-hydrogen) atoms. The lowest BCUT2D eigenvalue weighted by Gasteiger charge is -2.53. The molecule has 0 spiro atoms. The van der Waals surface area contributed by atoms with E-state index in [1.54, 1.807) is 24.4 Å². The molecule has 0 unspecified atom stereocenters. The van der Waals surface area contributed by atoms with Gasteiger partial charge in [0.2, 0.25) is 5.91 Å². The van der Waals surface area contributed by atoms with Gasteiger partial charge < -0.3 is 15.6 Å². The summed E-state index contributed by atoms with van der Waals surface area (Å²) in [5, 5.41) is 7.18. The number of hydrogen-bond donors (Lipinski definition) is 3. The Balaban J connectivity index is 1.08. The molecule has 2 amide bonds. The van der Waals surface area contributed by atoms with E-state index in [-0.39, 0.29) is 17.7 Å². The fourth-order valence-electron chi connectivity index (χ4n) is 7.44. The number of fused-ring (bicyclic) bond motifs is 1. The third kappa shape index (κ3) is 4.10. The molecule has 4 fully saturated rings. The summed E-state index contributed by atoms with van der Waals surface area (Å²) in [5.41, 5.74) is 5.03. The topological polar surface area (TPSA) is 86.9 Å². The van der Waals surface area contributed by atoms with Crippen LogP contribution in [-0.4, -0.2) is 21.8 Å². The highest BCUT2D eigenvalue weighted by molar-refractivity contribution is 6.05. The van der Waals surface area contributed by atoms with E-state index in [2.05, 4.69) is 20.6 Å². The van der Waals surface area contributed by atoms with Gasteiger partial charge in [-0.2, -0.15) is 0 Å². The van der Waals surface area contributed by atoms with Crippen LogP contribution >= 0.6 is 0 Å². The largest absolute Gasteiger partial charge is 0.361 e. The molecule has 3 N–H and O–H groups in total. The Kier molecular flexibility index (Phi) is 5.34. The highest BCUT2D eigenvalue weighted by atomic mass is 16.2. The molecule has 186 valence electrons. The highest BCUT2D eigenvalue weighted by Gasteiger charge is 2.50. The number of anilines is 2. The molecular formula is C31H30N4O2. The number of hydrogen-bond acceptors (Lipinski definition) is 3. The van der Waals surface area contributed by atoms with Crippen LogP contribution in [0.5, 0.6) is 0 Å². The summed E-state index contributed by atoms with van der Waals surface area (Å²) in [6.07, 6.45) is 9.97. The van der Waals surface area contributed by atoms with Crippen LogP contribution < -0.4 is 10.6 Å². The van der Waals surface area contributed by atoms with Crippen molar-refractivity contribution in [3.63, 3.8) is 0 Å². The Morgan fingerprint density at radius 3 is 2.24 bits per heavy atom. The minimum atomic E-state index is -0.240. The Bertz CT molecular complexity index is 1450. The van der Waals surface area contributed by atoms with E-state index in [9.17, 15) is 9.59 Å². The van der Waals surface area contributed by atoms with Crippen molar-refractivity contribution >= 4 is 34.1 Å². The van der Waals surface area contributed by atoms with Crippen LogP contribution in [0.3, 0.4) is 0 Å². The van der Waals surface area contributed by atoms with Gasteiger partial charge in [0.1, 0.15) is 5.69 Å². The molecule has 6 heteroatoms. The van der Waals surface area contributed by atoms with Crippen LogP contribution in [0, 0.1) is 29.6 Å². The van der Waals surface area contributed by atoms with Crippen LogP contribution in [0.25, 0.3) is 22.0 Å². The van der Waals surface area contributed by atoms with Gasteiger partial charge in [-0.1, -0.05) is 18.2 Å². The lowest BCUT2D eigenvalue weighted by atomic mass is 9.51. The van der Waals surface area contributed by atoms with Crippen molar-refractivity contribution in [2.75, 3.05) is 10.6 Å². The van der Waals surface area contributed by atoms with Gasteiger partial charge in [0.25, 0.3) is 5.91 Å². The quantitative estimate of drug-likeness (QED) is 0.299. The lowest BCUT2D eigenvalue weighted by Crippen LogP contribution is -2.49. The first-order valence-electron chi connectivity index (χ1n) is 13.4. The number of benzene rings is 2. The third-order valence-corrected chi connectivity index (χ3v) is 8.83. The van der Waals surface area contributed by atoms with Gasteiger partial charge in [-0.15, -0.1) is 0 Å². The molecule has 0 radical (unpaired) electrons. The van der Waals surface area contributed by atoms with Crippen LogP contribution in [0.15, 0.2) is 73.1 Å². The summed E-state index contributed by atoms with van der Waals surface area (Å²) in [6, 6.07) is 19.2. The number of carbonyl (C=O) groups is 2. The molecule has 8 rings (SSSR count). The number of aromatic amines is 1. The second kappa shape index (κ2) is 8.87. The number of amides is 2. The van der Waals surface area contributed by atoms with E-state index >= 15 is 0 Å². The van der Waals surface area contributed by atoms with Gasteiger partial charge >= 0.3 is 0 Å². The molecule has 4 aromatic rings. The zero-order chi connectivity index (χ0) is 24.9. The van der Waals surface area contributed by atoms with E-state index in [4.69, 9.17) is 0 Å². The predicted molar refractivity (Wildman–Crippen MR) is 145 cm³/mol. The smallest absolute Gasteiger partial charge is 0.274 e. The zero-order valence-corrected chi connectivity index (χ0v) is 20.6. The minimum Gasteiger partial charge on any atom is -0.361 e. The number of aromatic nitrogens is 2. The number of H-pyrrole nitrogens is 1. The van der Waals surface area contributed by atoms with Crippen molar-refractivity contribution in [1.82, 2.24) is 9.97 Å². The highest BCUT2D eigenvalue weighted by Crippen LogP contribution is 2.56. The monoisotopic (exact) mass is 490 g/mol. The molecule has 2 aromatic carbocycles. The predicted octanol–water partition coefficient (Wildman–Crippen LogP) is 6.49. The summed E-state index contributed by atoms with van der Waals surface area (Å²) in [4.78, 5) is 33.3. The minimum absolute atomic E-state index is 0.181. The first-order chi connectivity index (χ1) is 18.1. The Hall–Kier alpha value is -3.93. The van der Waals surface area contributed by atoms with Gasteiger partial charge in [0.05, 0.1) is 0 Å². The van der Waals surface area contributed by atoms with Crippen LogP contribution in [0.4, 0.5) is 11.4 Å². The molecule has 2 heterocycles. The molecule has 0 saturated heterocycles. The SMILES string of the molecule is O=C(Nc1ccc2[nH]cc(-c3ccc(NC(=O)C4C5C[C@H]6C[C@@H](C5)C[C@@H]4C6)cc3)c2c1)c1ccccn1. The first-order valence-corrected chi connectivity index (χ1v) is 13.4. The van der Waals surface area contributed by atoms with Gasteiger partial charge in [-0.3, -0.25) is 14.6 Å². The summed E-state index contributed by atoms with van der Waals surface area (Å²) in [6.45, 7) is 0. The van der Waals surface area contributed by atoms with Crippen molar-refractivity contribution < 1.29 is 9.59 Å². The second-order valence-corrected chi connectivity index (χ2v) is 11.2. The molecule has 4 aliphatic carbocycles. The number of nitrogens with one attached hydrogen (secondary N) is 3. The molecule has 6 nitrogen and oxygen atoms in total. The number of rotatable bonds is 5. The number of pyridine rings is 1.